The summed E-state index contributed by atoms with van der Waals surface area (Å²) in [6.07, 6.45) is -1.62. The smallest absolute Gasteiger partial charge is 0.401 e. The molecule has 0 aliphatic heterocycles. The maximum atomic E-state index is 12.6. The fourth-order valence-corrected chi connectivity index (χ4v) is 3.32. The number of rotatable bonds is 5. The van der Waals surface area contributed by atoms with Crippen molar-refractivity contribution in [2.45, 2.75) is 58.7 Å². The highest BCUT2D eigenvalue weighted by atomic mass is 19.4. The topological polar surface area (TPSA) is 40.5 Å². The van der Waals surface area contributed by atoms with Gasteiger partial charge in [-0.1, -0.05) is 27.2 Å². The third-order valence-electron chi connectivity index (χ3n) is 5.15. The molecule has 6 heteroatoms. The molecule has 0 saturated heterocycles. The summed E-state index contributed by atoms with van der Waals surface area (Å²) in [7, 11) is 1.38. The Hall–Kier alpha value is -0.780. The molecule has 0 amide bonds. The van der Waals surface area contributed by atoms with E-state index in [1.54, 1.807) is 0 Å². The number of hydrogen-bond acceptors (Lipinski definition) is 2. The van der Waals surface area contributed by atoms with Crippen molar-refractivity contribution in [1.29, 1.82) is 0 Å². The van der Waals surface area contributed by atoms with Crippen LogP contribution in [0.3, 0.4) is 0 Å². The Morgan fingerprint density at radius 2 is 1.86 bits per heavy atom. The lowest BCUT2D eigenvalue weighted by atomic mass is 9.65. The first-order valence-electron chi connectivity index (χ1n) is 7.47. The normalized spacial score (nSPS) is 27.9. The molecule has 0 aromatic rings. The van der Waals surface area contributed by atoms with E-state index < -0.39 is 30.7 Å². The van der Waals surface area contributed by atoms with Crippen LogP contribution in [-0.2, 0) is 4.79 Å². The zero-order chi connectivity index (χ0) is 16.4. The van der Waals surface area contributed by atoms with Gasteiger partial charge in [-0.15, -0.1) is 0 Å². The first kappa shape index (κ1) is 18.3. The highest BCUT2D eigenvalue weighted by Gasteiger charge is 2.43. The molecule has 3 nitrogen and oxygen atoms in total. The minimum atomic E-state index is -4.30. The standard InChI is InChI=1S/C15H26F3NO2/c1-5-14(2,3)10-6-7-11(13(20)21)12(8-10)19(4)9-15(16,17)18/h10-12H,5-9H2,1-4H3,(H,20,21). The van der Waals surface area contributed by atoms with Gasteiger partial charge >= 0.3 is 12.1 Å². The molecular weight excluding hydrogens is 283 g/mol. The summed E-state index contributed by atoms with van der Waals surface area (Å²) in [5.74, 6) is -1.43. The number of carboxylic acid groups (broad SMARTS) is 1. The zero-order valence-corrected chi connectivity index (χ0v) is 13.2. The monoisotopic (exact) mass is 309 g/mol. The van der Waals surface area contributed by atoms with Gasteiger partial charge in [0, 0.05) is 6.04 Å². The molecule has 3 unspecified atom stereocenters. The second-order valence-electron chi connectivity index (χ2n) is 6.89. The van der Waals surface area contributed by atoms with E-state index in [2.05, 4.69) is 20.8 Å². The lowest BCUT2D eigenvalue weighted by molar-refractivity contribution is -0.162. The van der Waals surface area contributed by atoms with E-state index in [1.165, 1.54) is 11.9 Å². The number of carbonyl (C=O) groups is 1. The molecule has 1 fully saturated rings. The number of nitrogens with zero attached hydrogens (tertiary/aromatic N) is 1. The maximum Gasteiger partial charge on any atom is 0.401 e. The van der Waals surface area contributed by atoms with Crippen molar-refractivity contribution in [3.8, 4) is 0 Å². The predicted molar refractivity (Wildman–Crippen MR) is 75.0 cm³/mol. The first-order chi connectivity index (χ1) is 9.48. The highest BCUT2D eigenvalue weighted by Crippen LogP contribution is 2.43. The van der Waals surface area contributed by atoms with Gasteiger partial charge in [0.15, 0.2) is 0 Å². The van der Waals surface area contributed by atoms with Crippen LogP contribution in [0.5, 0.6) is 0 Å². The quantitative estimate of drug-likeness (QED) is 0.840. The van der Waals surface area contributed by atoms with Gasteiger partial charge in [-0.25, -0.2) is 0 Å². The first-order valence-corrected chi connectivity index (χ1v) is 7.47. The van der Waals surface area contributed by atoms with Gasteiger partial charge in [-0.3, -0.25) is 9.69 Å². The molecule has 21 heavy (non-hydrogen) atoms. The summed E-state index contributed by atoms with van der Waals surface area (Å²) in [6.45, 7) is 5.23. The van der Waals surface area contributed by atoms with Crippen molar-refractivity contribution in [1.82, 2.24) is 4.90 Å². The van der Waals surface area contributed by atoms with Crippen molar-refractivity contribution in [3.05, 3.63) is 0 Å². The summed E-state index contributed by atoms with van der Waals surface area (Å²) >= 11 is 0. The molecule has 1 aliphatic rings. The molecule has 0 radical (unpaired) electrons. The van der Waals surface area contributed by atoms with Crippen LogP contribution in [0.15, 0.2) is 0 Å². The maximum absolute atomic E-state index is 12.6. The van der Waals surface area contributed by atoms with Crippen LogP contribution in [0, 0.1) is 17.3 Å². The molecular formula is C15H26F3NO2. The Kier molecular flexibility index (Phi) is 5.69. The summed E-state index contributed by atoms with van der Waals surface area (Å²) < 4.78 is 37.8. The van der Waals surface area contributed by atoms with E-state index in [1.807, 2.05) is 0 Å². The summed E-state index contributed by atoms with van der Waals surface area (Å²) in [4.78, 5) is 12.5. The van der Waals surface area contributed by atoms with Gasteiger partial charge in [0.05, 0.1) is 12.5 Å². The van der Waals surface area contributed by atoms with E-state index in [0.717, 1.165) is 12.8 Å². The SMILES string of the molecule is CCC(C)(C)C1CCC(C(=O)O)C(N(C)CC(F)(F)F)C1. The van der Waals surface area contributed by atoms with Gasteiger partial charge in [0.2, 0.25) is 0 Å². The Balaban J connectivity index is 2.89. The van der Waals surface area contributed by atoms with E-state index in [4.69, 9.17) is 0 Å². The molecule has 3 atom stereocenters. The Labute approximate surface area is 124 Å². The van der Waals surface area contributed by atoms with Crippen LogP contribution < -0.4 is 0 Å². The van der Waals surface area contributed by atoms with Gasteiger partial charge < -0.3 is 5.11 Å². The molecule has 0 heterocycles. The average molecular weight is 309 g/mol. The van der Waals surface area contributed by atoms with Gasteiger partial charge in [-0.2, -0.15) is 13.2 Å². The fourth-order valence-electron chi connectivity index (χ4n) is 3.32. The molecule has 0 bridgehead atoms. The molecule has 1 saturated carbocycles. The van der Waals surface area contributed by atoms with Gasteiger partial charge in [-0.05, 0) is 37.6 Å². The highest BCUT2D eigenvalue weighted by molar-refractivity contribution is 5.71. The molecule has 0 aromatic carbocycles. The minimum absolute atomic E-state index is 0.0286. The van der Waals surface area contributed by atoms with Crippen molar-refractivity contribution < 1.29 is 23.1 Å². The van der Waals surface area contributed by atoms with E-state index in [-0.39, 0.29) is 11.3 Å². The second-order valence-corrected chi connectivity index (χ2v) is 6.89. The molecule has 1 aliphatic carbocycles. The molecule has 0 spiro atoms. The van der Waals surface area contributed by atoms with Crippen LogP contribution in [0.1, 0.15) is 46.5 Å². The molecule has 1 rings (SSSR count). The molecule has 124 valence electrons. The minimum Gasteiger partial charge on any atom is -0.481 e. The molecule has 0 aromatic heterocycles. The van der Waals surface area contributed by atoms with Crippen LogP contribution in [0.4, 0.5) is 13.2 Å². The van der Waals surface area contributed by atoms with Crippen LogP contribution in [0.2, 0.25) is 0 Å². The van der Waals surface area contributed by atoms with Gasteiger partial charge in [0.1, 0.15) is 0 Å². The average Bonchev–Trinajstić information content (AvgIpc) is 2.35. The van der Waals surface area contributed by atoms with Crippen molar-refractivity contribution in [2.24, 2.45) is 17.3 Å². The molecule has 1 N–H and O–H groups in total. The third-order valence-corrected chi connectivity index (χ3v) is 5.15. The lowest BCUT2D eigenvalue weighted by Gasteiger charge is -2.45. The van der Waals surface area contributed by atoms with Crippen molar-refractivity contribution >= 4 is 5.97 Å². The van der Waals surface area contributed by atoms with E-state index in [9.17, 15) is 23.1 Å². The van der Waals surface area contributed by atoms with Crippen LogP contribution >= 0.6 is 0 Å². The number of hydrogen-bond donors (Lipinski definition) is 1. The number of alkyl halides is 3. The predicted octanol–water partition coefficient (Wildman–Crippen LogP) is 3.79. The summed E-state index contributed by atoms with van der Waals surface area (Å²) in [6, 6.07) is -0.548. The van der Waals surface area contributed by atoms with Crippen LogP contribution in [0.25, 0.3) is 0 Å². The zero-order valence-electron chi connectivity index (χ0n) is 13.2. The Bertz CT molecular complexity index is 368. The largest absolute Gasteiger partial charge is 0.481 e. The second kappa shape index (κ2) is 6.55. The van der Waals surface area contributed by atoms with Crippen molar-refractivity contribution in [2.75, 3.05) is 13.6 Å². The Morgan fingerprint density at radius 3 is 2.29 bits per heavy atom. The summed E-state index contributed by atoms with van der Waals surface area (Å²) in [5, 5.41) is 9.29. The number of aliphatic carboxylic acids is 1. The fraction of sp³-hybridized carbons (Fsp3) is 0.933. The van der Waals surface area contributed by atoms with E-state index >= 15 is 0 Å². The van der Waals surface area contributed by atoms with Gasteiger partial charge in [0.25, 0.3) is 0 Å². The van der Waals surface area contributed by atoms with Crippen molar-refractivity contribution in [3.63, 3.8) is 0 Å². The van der Waals surface area contributed by atoms with Crippen LogP contribution in [-0.4, -0.2) is 41.8 Å². The third kappa shape index (κ3) is 4.87. The lowest BCUT2D eigenvalue weighted by Crippen LogP contribution is -2.50. The summed E-state index contributed by atoms with van der Waals surface area (Å²) in [5.41, 5.74) is 0.0286. The van der Waals surface area contributed by atoms with E-state index in [0.29, 0.717) is 12.8 Å². The Morgan fingerprint density at radius 1 is 1.29 bits per heavy atom. The number of carboxylic acids is 1. The number of halogens is 3.